The van der Waals surface area contributed by atoms with E-state index in [9.17, 15) is 0 Å². The Bertz CT molecular complexity index is 669. The molecule has 0 atom stereocenters. The minimum absolute atomic E-state index is 0.570. The molecule has 21 heavy (non-hydrogen) atoms. The lowest BCUT2D eigenvalue weighted by atomic mass is 10.2. The Hall–Kier alpha value is -2.66. The Morgan fingerprint density at radius 1 is 0.952 bits per heavy atom. The van der Waals surface area contributed by atoms with E-state index in [1.54, 1.807) is 0 Å². The standard InChI is InChI=1S/C16H15N3O2/c1-2-6-14(7-3-1)21-15-8-4-5-13(9-15)10-17-11-16-18-12-20-19-16/h1-9,12,17H,10-11H2. The normalized spacial score (nSPS) is 10.5. The molecular formula is C16H15N3O2. The van der Waals surface area contributed by atoms with Crippen LogP contribution in [0.25, 0.3) is 0 Å². The third-order valence-corrected chi connectivity index (χ3v) is 2.90. The number of nitrogens with one attached hydrogen (secondary N) is 1. The number of rotatable bonds is 6. The number of hydrogen-bond acceptors (Lipinski definition) is 5. The SMILES string of the molecule is c1ccc(Oc2cccc(CNCc3ncon3)c2)cc1. The summed E-state index contributed by atoms with van der Waals surface area (Å²) in [6.07, 6.45) is 1.32. The second-order valence-electron chi connectivity index (χ2n) is 4.51. The second kappa shape index (κ2) is 6.67. The third kappa shape index (κ3) is 3.90. The zero-order valence-corrected chi connectivity index (χ0v) is 11.4. The van der Waals surface area contributed by atoms with Crippen LogP contribution in [0.5, 0.6) is 11.5 Å². The highest BCUT2D eigenvalue weighted by Gasteiger charge is 2.01. The van der Waals surface area contributed by atoms with Crippen LogP contribution >= 0.6 is 0 Å². The minimum Gasteiger partial charge on any atom is -0.457 e. The maximum absolute atomic E-state index is 5.80. The average molecular weight is 281 g/mol. The Balaban J connectivity index is 1.58. The Labute approximate surface area is 122 Å². The molecule has 0 aliphatic carbocycles. The molecule has 0 spiro atoms. The molecule has 0 aliphatic rings. The molecule has 1 heterocycles. The number of benzene rings is 2. The van der Waals surface area contributed by atoms with E-state index in [0.717, 1.165) is 17.1 Å². The molecule has 1 aromatic heterocycles. The predicted molar refractivity (Wildman–Crippen MR) is 77.8 cm³/mol. The van der Waals surface area contributed by atoms with Gasteiger partial charge in [-0.15, -0.1) is 0 Å². The van der Waals surface area contributed by atoms with Crippen LogP contribution in [0, 0.1) is 0 Å². The lowest BCUT2D eigenvalue weighted by Crippen LogP contribution is -2.13. The van der Waals surface area contributed by atoms with Gasteiger partial charge in [-0.2, -0.15) is 4.98 Å². The van der Waals surface area contributed by atoms with Gasteiger partial charge >= 0.3 is 0 Å². The molecular weight excluding hydrogens is 266 g/mol. The van der Waals surface area contributed by atoms with E-state index in [2.05, 4.69) is 20.0 Å². The second-order valence-corrected chi connectivity index (χ2v) is 4.51. The Morgan fingerprint density at radius 3 is 2.62 bits per heavy atom. The van der Waals surface area contributed by atoms with Crippen LogP contribution in [0.2, 0.25) is 0 Å². The lowest BCUT2D eigenvalue weighted by molar-refractivity contribution is 0.407. The molecule has 1 N–H and O–H groups in total. The smallest absolute Gasteiger partial charge is 0.213 e. The van der Waals surface area contributed by atoms with Gasteiger partial charge in [0.15, 0.2) is 5.82 Å². The summed E-state index contributed by atoms with van der Waals surface area (Å²) in [6.45, 7) is 1.28. The fourth-order valence-electron chi connectivity index (χ4n) is 1.93. The number of para-hydroxylation sites is 1. The van der Waals surface area contributed by atoms with Crippen LogP contribution in [-0.4, -0.2) is 10.1 Å². The van der Waals surface area contributed by atoms with Gasteiger partial charge in [-0.25, -0.2) is 0 Å². The van der Waals surface area contributed by atoms with Gasteiger partial charge in [0.2, 0.25) is 6.39 Å². The molecule has 0 saturated heterocycles. The summed E-state index contributed by atoms with van der Waals surface area (Å²) in [4.78, 5) is 3.96. The van der Waals surface area contributed by atoms with Crippen molar-refractivity contribution >= 4 is 0 Å². The van der Waals surface area contributed by atoms with Crippen molar-refractivity contribution in [2.45, 2.75) is 13.1 Å². The molecule has 0 bridgehead atoms. The van der Waals surface area contributed by atoms with Crippen LogP contribution in [0.3, 0.4) is 0 Å². The van der Waals surface area contributed by atoms with E-state index in [1.807, 2.05) is 54.6 Å². The van der Waals surface area contributed by atoms with Crippen molar-refractivity contribution < 1.29 is 9.26 Å². The van der Waals surface area contributed by atoms with Crippen LogP contribution < -0.4 is 10.1 Å². The molecule has 2 aromatic carbocycles. The highest BCUT2D eigenvalue weighted by atomic mass is 16.5. The van der Waals surface area contributed by atoms with Crippen molar-refractivity contribution in [2.24, 2.45) is 0 Å². The quantitative estimate of drug-likeness (QED) is 0.752. The van der Waals surface area contributed by atoms with Crippen LogP contribution in [-0.2, 0) is 13.1 Å². The van der Waals surface area contributed by atoms with Crippen LogP contribution in [0.15, 0.2) is 65.5 Å². The Morgan fingerprint density at radius 2 is 1.81 bits per heavy atom. The largest absolute Gasteiger partial charge is 0.457 e. The van der Waals surface area contributed by atoms with Crippen molar-refractivity contribution in [1.82, 2.24) is 15.5 Å². The van der Waals surface area contributed by atoms with E-state index in [-0.39, 0.29) is 0 Å². The van der Waals surface area contributed by atoms with E-state index in [1.165, 1.54) is 6.39 Å². The Kier molecular flexibility index (Phi) is 4.24. The van der Waals surface area contributed by atoms with Gasteiger partial charge < -0.3 is 14.6 Å². The summed E-state index contributed by atoms with van der Waals surface area (Å²) < 4.78 is 10.5. The van der Waals surface area contributed by atoms with E-state index in [0.29, 0.717) is 18.9 Å². The van der Waals surface area contributed by atoms with Crippen molar-refractivity contribution in [3.05, 3.63) is 72.4 Å². The lowest BCUT2D eigenvalue weighted by Gasteiger charge is -2.08. The third-order valence-electron chi connectivity index (χ3n) is 2.90. The molecule has 3 rings (SSSR count). The van der Waals surface area contributed by atoms with Gasteiger partial charge in [0.1, 0.15) is 11.5 Å². The van der Waals surface area contributed by atoms with Crippen LogP contribution in [0.1, 0.15) is 11.4 Å². The number of hydrogen-bond donors (Lipinski definition) is 1. The zero-order valence-electron chi connectivity index (χ0n) is 11.4. The first kappa shape index (κ1) is 13.3. The monoisotopic (exact) mass is 281 g/mol. The first-order chi connectivity index (χ1) is 10.4. The highest BCUT2D eigenvalue weighted by Crippen LogP contribution is 2.21. The van der Waals surface area contributed by atoms with Gasteiger partial charge in [-0.1, -0.05) is 35.5 Å². The first-order valence-electron chi connectivity index (χ1n) is 6.68. The van der Waals surface area contributed by atoms with Gasteiger partial charge in [-0.3, -0.25) is 0 Å². The molecule has 5 nitrogen and oxygen atoms in total. The van der Waals surface area contributed by atoms with Crippen molar-refractivity contribution in [3.63, 3.8) is 0 Å². The summed E-state index contributed by atoms with van der Waals surface area (Å²) in [5, 5.41) is 7.00. The van der Waals surface area contributed by atoms with Crippen molar-refractivity contribution in [2.75, 3.05) is 0 Å². The fourth-order valence-corrected chi connectivity index (χ4v) is 1.93. The van der Waals surface area contributed by atoms with E-state index in [4.69, 9.17) is 4.74 Å². The summed E-state index contributed by atoms with van der Waals surface area (Å²) in [5.74, 6) is 2.29. The first-order valence-corrected chi connectivity index (χ1v) is 6.68. The summed E-state index contributed by atoms with van der Waals surface area (Å²) in [5.41, 5.74) is 1.13. The van der Waals surface area contributed by atoms with Gasteiger partial charge in [0.25, 0.3) is 0 Å². The van der Waals surface area contributed by atoms with Crippen molar-refractivity contribution in [1.29, 1.82) is 0 Å². The van der Waals surface area contributed by atoms with Gasteiger partial charge in [-0.05, 0) is 29.8 Å². The summed E-state index contributed by atoms with van der Waals surface area (Å²) in [7, 11) is 0. The van der Waals surface area contributed by atoms with E-state index < -0.39 is 0 Å². The fraction of sp³-hybridized carbons (Fsp3) is 0.125. The molecule has 0 unspecified atom stereocenters. The molecule has 0 fully saturated rings. The molecule has 0 aliphatic heterocycles. The average Bonchev–Trinajstić information content (AvgIpc) is 3.02. The predicted octanol–water partition coefficient (Wildman–Crippen LogP) is 3.15. The zero-order chi connectivity index (χ0) is 14.3. The van der Waals surface area contributed by atoms with Gasteiger partial charge in [0, 0.05) is 6.54 Å². The van der Waals surface area contributed by atoms with Crippen molar-refractivity contribution in [3.8, 4) is 11.5 Å². The molecule has 5 heteroatoms. The van der Waals surface area contributed by atoms with Gasteiger partial charge in [0.05, 0.1) is 6.54 Å². The number of nitrogens with zero attached hydrogens (tertiary/aromatic N) is 2. The number of aromatic nitrogens is 2. The van der Waals surface area contributed by atoms with E-state index >= 15 is 0 Å². The maximum atomic E-state index is 5.80. The summed E-state index contributed by atoms with van der Waals surface area (Å²) >= 11 is 0. The molecule has 3 aromatic rings. The summed E-state index contributed by atoms with van der Waals surface area (Å²) in [6, 6.07) is 17.7. The van der Waals surface area contributed by atoms with Crippen LogP contribution in [0.4, 0.5) is 0 Å². The minimum atomic E-state index is 0.570. The number of ether oxygens (including phenoxy) is 1. The topological polar surface area (TPSA) is 60.2 Å². The molecule has 106 valence electrons. The molecule has 0 amide bonds. The molecule has 0 radical (unpaired) electrons. The highest BCUT2D eigenvalue weighted by molar-refractivity contribution is 5.33. The maximum Gasteiger partial charge on any atom is 0.213 e. The molecule has 0 saturated carbocycles.